The normalized spacial score (nSPS) is 12.3. The molecule has 1 aromatic heterocycles. The molecule has 0 aliphatic carbocycles. The molecule has 1 aromatic carbocycles. The molecule has 0 spiro atoms. The molecule has 23 heavy (non-hydrogen) atoms. The van der Waals surface area contributed by atoms with E-state index in [0.717, 1.165) is 29.0 Å². The summed E-state index contributed by atoms with van der Waals surface area (Å²) < 4.78 is 0. The number of carbonyl (C=O) groups excluding carboxylic acids is 1. The topological polar surface area (TPSA) is 84.1 Å². The molecular formula is C16H23N5OS. The van der Waals surface area contributed by atoms with Crippen molar-refractivity contribution in [2.24, 2.45) is 0 Å². The van der Waals surface area contributed by atoms with Gasteiger partial charge >= 0.3 is 0 Å². The zero-order valence-corrected chi connectivity index (χ0v) is 14.6. The molecule has 0 aliphatic rings. The quantitative estimate of drug-likeness (QED) is 0.755. The minimum Gasteiger partial charge on any atom is -0.374 e. The minimum absolute atomic E-state index is 0.0149. The van der Waals surface area contributed by atoms with Gasteiger partial charge in [-0.1, -0.05) is 35.6 Å². The number of likely N-dealkylation sites (N-methyl/N-ethyl adjacent to an activating group) is 1. The predicted molar refractivity (Wildman–Crippen MR) is 93.3 cm³/mol. The van der Waals surface area contributed by atoms with Crippen LogP contribution in [0.5, 0.6) is 0 Å². The fraction of sp³-hybridized carbons (Fsp3) is 0.438. The number of benzene rings is 1. The van der Waals surface area contributed by atoms with E-state index in [1.165, 1.54) is 11.3 Å². The van der Waals surface area contributed by atoms with Crippen molar-refractivity contribution < 1.29 is 4.79 Å². The Morgan fingerprint density at radius 3 is 2.70 bits per heavy atom. The number of hydrogen-bond acceptors (Lipinski definition) is 6. The van der Waals surface area contributed by atoms with E-state index in [1.54, 1.807) is 0 Å². The van der Waals surface area contributed by atoms with Crippen LogP contribution in [0.2, 0.25) is 0 Å². The maximum atomic E-state index is 12.6. The maximum Gasteiger partial charge on any atom is 0.241 e. The van der Waals surface area contributed by atoms with E-state index in [2.05, 4.69) is 15.5 Å². The third-order valence-corrected chi connectivity index (χ3v) is 4.41. The number of anilines is 1. The molecule has 124 valence electrons. The van der Waals surface area contributed by atoms with Crippen LogP contribution in [0.15, 0.2) is 24.3 Å². The second-order valence-electron chi connectivity index (χ2n) is 5.65. The average molecular weight is 333 g/mol. The highest BCUT2D eigenvalue weighted by Crippen LogP contribution is 2.22. The molecule has 0 fully saturated rings. The summed E-state index contributed by atoms with van der Waals surface area (Å²) >= 11 is 1.39. The Kier molecular flexibility index (Phi) is 6.06. The van der Waals surface area contributed by atoms with Crippen LogP contribution in [0.3, 0.4) is 0 Å². The zero-order valence-electron chi connectivity index (χ0n) is 13.7. The van der Waals surface area contributed by atoms with Gasteiger partial charge in [0.15, 0.2) is 0 Å². The first kappa shape index (κ1) is 17.4. The van der Waals surface area contributed by atoms with Crippen LogP contribution in [0.4, 0.5) is 5.13 Å². The summed E-state index contributed by atoms with van der Waals surface area (Å²) in [5.41, 5.74) is 7.70. The van der Waals surface area contributed by atoms with Gasteiger partial charge in [-0.3, -0.25) is 9.69 Å². The van der Waals surface area contributed by atoms with E-state index < -0.39 is 0 Å². The lowest BCUT2D eigenvalue weighted by atomic mass is 10.00. The number of rotatable bonds is 7. The molecule has 1 amide bonds. The van der Waals surface area contributed by atoms with Gasteiger partial charge in [-0.25, -0.2) is 0 Å². The Balaban J connectivity index is 1.90. The smallest absolute Gasteiger partial charge is 0.241 e. The summed E-state index contributed by atoms with van der Waals surface area (Å²) in [6, 6.07) is 7.69. The summed E-state index contributed by atoms with van der Waals surface area (Å²) in [7, 11) is 3.83. The van der Waals surface area contributed by atoms with E-state index in [9.17, 15) is 4.79 Å². The molecule has 0 unspecified atom stereocenters. The van der Waals surface area contributed by atoms with Gasteiger partial charge in [-0.05, 0) is 38.6 Å². The lowest BCUT2D eigenvalue weighted by molar-refractivity contribution is -0.125. The van der Waals surface area contributed by atoms with Crippen LogP contribution in [0, 0.1) is 6.92 Å². The monoisotopic (exact) mass is 333 g/mol. The molecule has 3 N–H and O–H groups in total. The summed E-state index contributed by atoms with van der Waals surface area (Å²) in [4.78, 5) is 14.5. The van der Waals surface area contributed by atoms with Crippen molar-refractivity contribution in [2.45, 2.75) is 25.8 Å². The second-order valence-corrected chi connectivity index (χ2v) is 6.75. The van der Waals surface area contributed by atoms with Crippen LogP contribution < -0.4 is 11.1 Å². The Labute approximate surface area is 140 Å². The number of amides is 1. The first-order chi connectivity index (χ1) is 11.0. The molecule has 0 bridgehead atoms. The van der Waals surface area contributed by atoms with Gasteiger partial charge in [0, 0.05) is 13.0 Å². The summed E-state index contributed by atoms with van der Waals surface area (Å²) in [5.74, 6) is 0.0149. The fourth-order valence-corrected chi connectivity index (χ4v) is 3.11. The number of aromatic nitrogens is 2. The van der Waals surface area contributed by atoms with Gasteiger partial charge in [0.05, 0.1) is 0 Å². The van der Waals surface area contributed by atoms with Crippen LogP contribution in [-0.4, -0.2) is 41.6 Å². The maximum absolute atomic E-state index is 12.6. The van der Waals surface area contributed by atoms with Crippen molar-refractivity contribution in [1.29, 1.82) is 0 Å². The lowest BCUT2D eigenvalue weighted by Crippen LogP contribution is -2.37. The average Bonchev–Trinajstić information content (AvgIpc) is 2.91. The first-order valence-electron chi connectivity index (χ1n) is 7.56. The first-order valence-corrected chi connectivity index (χ1v) is 8.38. The molecule has 2 aromatic rings. The Morgan fingerprint density at radius 2 is 2.09 bits per heavy atom. The lowest BCUT2D eigenvalue weighted by Gasteiger charge is -2.25. The number of nitrogens with two attached hydrogens (primary N) is 1. The number of hydrogen-bond donors (Lipinski definition) is 2. The molecular weight excluding hydrogens is 310 g/mol. The highest BCUT2D eigenvalue weighted by atomic mass is 32.1. The van der Waals surface area contributed by atoms with Gasteiger partial charge in [-0.2, -0.15) is 0 Å². The number of aryl methyl sites for hydroxylation is 2. The van der Waals surface area contributed by atoms with E-state index in [4.69, 9.17) is 5.73 Å². The molecule has 6 nitrogen and oxygen atoms in total. The predicted octanol–water partition coefficient (Wildman–Crippen LogP) is 1.78. The number of carbonyl (C=O) groups is 1. The van der Waals surface area contributed by atoms with Crippen molar-refractivity contribution in [2.75, 3.05) is 26.4 Å². The van der Waals surface area contributed by atoms with E-state index >= 15 is 0 Å². The van der Waals surface area contributed by atoms with Crippen LogP contribution >= 0.6 is 11.3 Å². The van der Waals surface area contributed by atoms with Crippen molar-refractivity contribution in [1.82, 2.24) is 20.4 Å². The van der Waals surface area contributed by atoms with Gasteiger partial charge in [0.2, 0.25) is 11.0 Å². The summed E-state index contributed by atoms with van der Waals surface area (Å²) in [6.07, 6.45) is 1.58. The largest absolute Gasteiger partial charge is 0.374 e. The van der Waals surface area contributed by atoms with E-state index in [0.29, 0.717) is 11.7 Å². The molecule has 7 heteroatoms. The van der Waals surface area contributed by atoms with Gasteiger partial charge < -0.3 is 11.1 Å². The molecule has 2 rings (SSSR count). The standard InChI is InChI=1S/C16H23N5OS/c1-11-7-4-5-8-12(11)14(21(2)3)15(22)18-10-6-9-13-19-20-16(17)23-13/h4-5,7-8,14H,6,9-10H2,1-3H3,(H2,17,20)(H,18,22)/t14-/m1/s1. The van der Waals surface area contributed by atoms with Crippen molar-refractivity contribution in [3.8, 4) is 0 Å². The third kappa shape index (κ3) is 4.74. The SMILES string of the molecule is Cc1ccccc1[C@H](C(=O)NCCCc1nnc(N)s1)N(C)C. The van der Waals surface area contributed by atoms with Crippen molar-refractivity contribution >= 4 is 22.4 Å². The van der Waals surface area contributed by atoms with Gasteiger partial charge in [0.25, 0.3) is 0 Å². The van der Waals surface area contributed by atoms with Crippen LogP contribution in [0.25, 0.3) is 0 Å². The van der Waals surface area contributed by atoms with Crippen molar-refractivity contribution in [3.05, 3.63) is 40.4 Å². The molecule has 0 saturated carbocycles. The van der Waals surface area contributed by atoms with Gasteiger partial charge in [0.1, 0.15) is 11.0 Å². The Hall–Kier alpha value is -1.99. The van der Waals surface area contributed by atoms with Crippen molar-refractivity contribution in [3.63, 3.8) is 0 Å². The molecule has 1 heterocycles. The van der Waals surface area contributed by atoms with E-state index in [1.807, 2.05) is 50.2 Å². The number of nitrogens with zero attached hydrogens (tertiary/aromatic N) is 3. The molecule has 1 atom stereocenters. The Morgan fingerprint density at radius 1 is 1.35 bits per heavy atom. The minimum atomic E-state index is -0.284. The van der Waals surface area contributed by atoms with E-state index in [-0.39, 0.29) is 11.9 Å². The third-order valence-electron chi connectivity index (χ3n) is 3.60. The van der Waals surface area contributed by atoms with Gasteiger partial charge in [-0.15, -0.1) is 10.2 Å². The summed E-state index contributed by atoms with van der Waals surface area (Å²) in [6.45, 7) is 2.63. The second kappa shape index (κ2) is 8.03. The summed E-state index contributed by atoms with van der Waals surface area (Å²) in [5, 5.41) is 12.2. The molecule has 0 saturated heterocycles. The van der Waals surface area contributed by atoms with Crippen LogP contribution in [-0.2, 0) is 11.2 Å². The highest BCUT2D eigenvalue weighted by Gasteiger charge is 2.23. The Bertz CT molecular complexity index is 655. The molecule has 0 radical (unpaired) electrons. The fourth-order valence-electron chi connectivity index (χ4n) is 2.46. The molecule has 0 aliphatic heterocycles. The highest BCUT2D eigenvalue weighted by molar-refractivity contribution is 7.15. The van der Waals surface area contributed by atoms with Crippen LogP contribution in [0.1, 0.15) is 28.6 Å². The number of nitrogens with one attached hydrogen (secondary N) is 1. The zero-order chi connectivity index (χ0) is 16.8. The number of nitrogen functional groups attached to an aromatic ring is 1.